The van der Waals surface area contributed by atoms with Crippen LogP contribution < -0.4 is 10.1 Å². The smallest absolute Gasteiger partial charge is 0.251 e. The first-order valence-corrected chi connectivity index (χ1v) is 11.2. The number of carbonyl (C=O) groups excluding carboxylic acids is 1. The standard InChI is InChI=1S/C29H26N2O2/c1-20(2)30-29(32)21-16-17-25-24-13-7-8-14-26(24)31(27(25)18-21)19-22-10-6-9-15-28(22)33-23-11-4-3-5-12-23/h3-18,20H,19H2,1-2H3,(H,30,32). The zero-order valence-corrected chi connectivity index (χ0v) is 18.8. The Kier molecular flexibility index (Phi) is 5.57. The van der Waals surface area contributed by atoms with Gasteiger partial charge in [0.15, 0.2) is 0 Å². The van der Waals surface area contributed by atoms with Crippen molar-refractivity contribution in [3.8, 4) is 11.5 Å². The predicted octanol–water partition coefficient (Wildman–Crippen LogP) is 6.77. The highest BCUT2D eigenvalue weighted by Gasteiger charge is 2.15. The lowest BCUT2D eigenvalue weighted by Crippen LogP contribution is -2.30. The van der Waals surface area contributed by atoms with Gasteiger partial charge in [0.25, 0.3) is 5.91 Å². The van der Waals surface area contributed by atoms with Gasteiger partial charge < -0.3 is 14.6 Å². The third-order valence-corrected chi connectivity index (χ3v) is 5.73. The molecular formula is C29H26N2O2. The molecule has 0 aliphatic heterocycles. The molecule has 1 heterocycles. The second-order valence-corrected chi connectivity index (χ2v) is 8.49. The molecule has 4 aromatic carbocycles. The fourth-order valence-corrected chi connectivity index (χ4v) is 4.23. The Labute approximate surface area is 193 Å². The second kappa shape index (κ2) is 8.83. The molecule has 1 aromatic heterocycles. The fraction of sp³-hybridized carbons (Fsp3) is 0.138. The minimum absolute atomic E-state index is 0.0588. The quantitative estimate of drug-likeness (QED) is 0.320. The lowest BCUT2D eigenvalue weighted by molar-refractivity contribution is 0.0943. The third-order valence-electron chi connectivity index (χ3n) is 5.73. The van der Waals surface area contributed by atoms with E-state index in [1.165, 1.54) is 5.39 Å². The van der Waals surface area contributed by atoms with E-state index in [0.29, 0.717) is 12.1 Å². The number of benzene rings is 4. The molecule has 0 atom stereocenters. The molecule has 4 nitrogen and oxygen atoms in total. The van der Waals surface area contributed by atoms with Crippen molar-refractivity contribution in [1.82, 2.24) is 9.88 Å². The van der Waals surface area contributed by atoms with Gasteiger partial charge in [0, 0.05) is 33.5 Å². The van der Waals surface area contributed by atoms with Gasteiger partial charge in [0.05, 0.1) is 12.1 Å². The molecule has 164 valence electrons. The average molecular weight is 435 g/mol. The predicted molar refractivity (Wildman–Crippen MR) is 134 cm³/mol. The number of hydrogen-bond acceptors (Lipinski definition) is 2. The van der Waals surface area contributed by atoms with Gasteiger partial charge >= 0.3 is 0 Å². The highest BCUT2D eigenvalue weighted by molar-refractivity contribution is 6.10. The number of nitrogens with zero attached hydrogens (tertiary/aromatic N) is 1. The van der Waals surface area contributed by atoms with Gasteiger partial charge in [-0.1, -0.05) is 60.7 Å². The van der Waals surface area contributed by atoms with E-state index in [0.717, 1.165) is 33.5 Å². The van der Waals surface area contributed by atoms with E-state index in [1.807, 2.05) is 74.5 Å². The Morgan fingerprint density at radius 2 is 1.52 bits per heavy atom. The summed E-state index contributed by atoms with van der Waals surface area (Å²) >= 11 is 0. The summed E-state index contributed by atoms with van der Waals surface area (Å²) in [6.45, 7) is 4.57. The van der Waals surface area contributed by atoms with E-state index in [1.54, 1.807) is 0 Å². The molecule has 0 saturated heterocycles. The topological polar surface area (TPSA) is 43.3 Å². The molecule has 5 rings (SSSR count). The van der Waals surface area contributed by atoms with Crippen LogP contribution in [0.15, 0.2) is 97.1 Å². The molecule has 0 saturated carbocycles. The first-order chi connectivity index (χ1) is 16.1. The minimum atomic E-state index is -0.0588. The molecule has 0 bridgehead atoms. The maximum absolute atomic E-state index is 12.7. The number of amides is 1. The van der Waals surface area contributed by atoms with E-state index >= 15 is 0 Å². The summed E-state index contributed by atoms with van der Waals surface area (Å²) < 4.78 is 8.48. The van der Waals surface area contributed by atoms with Crippen molar-refractivity contribution >= 4 is 27.7 Å². The van der Waals surface area contributed by atoms with Crippen LogP contribution in [0.25, 0.3) is 21.8 Å². The zero-order valence-electron chi connectivity index (χ0n) is 18.8. The van der Waals surface area contributed by atoms with E-state index in [-0.39, 0.29) is 11.9 Å². The summed E-state index contributed by atoms with van der Waals surface area (Å²) in [7, 11) is 0. The van der Waals surface area contributed by atoms with Crippen molar-refractivity contribution in [2.24, 2.45) is 0 Å². The van der Waals surface area contributed by atoms with Crippen LogP contribution in [0.1, 0.15) is 29.8 Å². The first-order valence-electron chi connectivity index (χ1n) is 11.2. The van der Waals surface area contributed by atoms with Crippen LogP contribution in [-0.4, -0.2) is 16.5 Å². The van der Waals surface area contributed by atoms with Crippen LogP contribution in [0.2, 0.25) is 0 Å². The van der Waals surface area contributed by atoms with Gasteiger partial charge in [-0.15, -0.1) is 0 Å². The van der Waals surface area contributed by atoms with Crippen LogP contribution in [0.3, 0.4) is 0 Å². The van der Waals surface area contributed by atoms with Gasteiger partial charge in [0.1, 0.15) is 11.5 Å². The molecule has 0 spiro atoms. The Morgan fingerprint density at radius 3 is 2.33 bits per heavy atom. The normalized spacial score (nSPS) is 11.2. The minimum Gasteiger partial charge on any atom is -0.457 e. The van der Waals surface area contributed by atoms with Crippen molar-refractivity contribution in [1.29, 1.82) is 0 Å². The van der Waals surface area contributed by atoms with E-state index in [4.69, 9.17) is 4.74 Å². The summed E-state index contributed by atoms with van der Waals surface area (Å²) in [6.07, 6.45) is 0. The molecule has 33 heavy (non-hydrogen) atoms. The number of hydrogen-bond donors (Lipinski definition) is 1. The largest absolute Gasteiger partial charge is 0.457 e. The summed E-state index contributed by atoms with van der Waals surface area (Å²) in [5.41, 5.74) is 3.89. The highest BCUT2D eigenvalue weighted by Crippen LogP contribution is 2.33. The van der Waals surface area contributed by atoms with Crippen molar-refractivity contribution in [2.45, 2.75) is 26.4 Å². The van der Waals surface area contributed by atoms with Crippen molar-refractivity contribution in [2.75, 3.05) is 0 Å². The SMILES string of the molecule is CC(C)NC(=O)c1ccc2c3ccccc3n(Cc3ccccc3Oc3ccccc3)c2c1. The van der Waals surface area contributed by atoms with Crippen LogP contribution in [0, 0.1) is 0 Å². The van der Waals surface area contributed by atoms with Crippen LogP contribution in [0.5, 0.6) is 11.5 Å². The number of rotatable bonds is 6. The Balaban J connectivity index is 1.61. The maximum Gasteiger partial charge on any atom is 0.251 e. The van der Waals surface area contributed by atoms with Gasteiger partial charge in [-0.25, -0.2) is 0 Å². The van der Waals surface area contributed by atoms with Gasteiger partial charge in [-0.2, -0.15) is 0 Å². The van der Waals surface area contributed by atoms with Crippen molar-refractivity contribution in [3.63, 3.8) is 0 Å². The maximum atomic E-state index is 12.7. The van der Waals surface area contributed by atoms with Crippen LogP contribution in [0.4, 0.5) is 0 Å². The molecular weight excluding hydrogens is 408 g/mol. The number of fused-ring (bicyclic) bond motifs is 3. The molecule has 0 aliphatic rings. The first kappa shape index (κ1) is 20.8. The number of nitrogens with one attached hydrogen (secondary N) is 1. The number of ether oxygens (including phenoxy) is 1. The summed E-state index contributed by atoms with van der Waals surface area (Å²) in [5.74, 6) is 1.57. The number of aromatic nitrogens is 1. The van der Waals surface area contributed by atoms with Crippen LogP contribution in [-0.2, 0) is 6.54 Å². The molecule has 0 fully saturated rings. The monoisotopic (exact) mass is 434 g/mol. The molecule has 4 heteroatoms. The Morgan fingerprint density at radius 1 is 0.818 bits per heavy atom. The van der Waals surface area contributed by atoms with E-state index in [2.05, 4.69) is 46.3 Å². The van der Waals surface area contributed by atoms with Crippen molar-refractivity contribution in [3.05, 3.63) is 108 Å². The third kappa shape index (κ3) is 4.20. The highest BCUT2D eigenvalue weighted by atomic mass is 16.5. The Hall–Kier alpha value is -4.05. The summed E-state index contributed by atoms with van der Waals surface area (Å²) in [6, 6.07) is 32.3. The van der Waals surface area contributed by atoms with Crippen LogP contribution >= 0.6 is 0 Å². The fourth-order valence-electron chi connectivity index (χ4n) is 4.23. The lowest BCUT2D eigenvalue weighted by Gasteiger charge is -2.14. The van der Waals surface area contributed by atoms with Gasteiger partial charge in [0.2, 0.25) is 0 Å². The summed E-state index contributed by atoms with van der Waals surface area (Å²) in [4.78, 5) is 12.7. The lowest BCUT2D eigenvalue weighted by atomic mass is 10.1. The second-order valence-electron chi connectivity index (χ2n) is 8.49. The van der Waals surface area contributed by atoms with Gasteiger partial charge in [-0.3, -0.25) is 4.79 Å². The molecule has 0 aliphatic carbocycles. The molecule has 5 aromatic rings. The van der Waals surface area contributed by atoms with E-state index < -0.39 is 0 Å². The molecule has 1 amide bonds. The molecule has 0 unspecified atom stereocenters. The van der Waals surface area contributed by atoms with E-state index in [9.17, 15) is 4.79 Å². The van der Waals surface area contributed by atoms with Crippen molar-refractivity contribution < 1.29 is 9.53 Å². The zero-order chi connectivity index (χ0) is 22.8. The van der Waals surface area contributed by atoms with Gasteiger partial charge in [-0.05, 0) is 50.2 Å². The number of para-hydroxylation sites is 3. The summed E-state index contributed by atoms with van der Waals surface area (Å²) in [5, 5.41) is 5.30. The Bertz CT molecular complexity index is 1430. The molecule has 0 radical (unpaired) electrons. The number of carbonyl (C=O) groups is 1. The molecule has 1 N–H and O–H groups in total. The average Bonchev–Trinajstić information content (AvgIpc) is 3.13.